The van der Waals surface area contributed by atoms with Crippen LogP contribution in [-0.2, 0) is 14.3 Å². The van der Waals surface area contributed by atoms with Crippen molar-refractivity contribution in [1.29, 1.82) is 0 Å². The Morgan fingerprint density at radius 2 is 1.67 bits per heavy atom. The van der Waals surface area contributed by atoms with Crippen LogP contribution in [0.2, 0.25) is 0 Å². The summed E-state index contributed by atoms with van der Waals surface area (Å²) in [5.41, 5.74) is 1.70. The van der Waals surface area contributed by atoms with Gasteiger partial charge in [-0.25, -0.2) is 9.78 Å². The molecule has 124 valence electrons. The van der Waals surface area contributed by atoms with Crippen molar-refractivity contribution >= 4 is 29.3 Å². The van der Waals surface area contributed by atoms with E-state index in [0.29, 0.717) is 17.1 Å². The summed E-state index contributed by atoms with van der Waals surface area (Å²) in [5.74, 6) is -1.82. The molecule has 0 atom stereocenters. The van der Waals surface area contributed by atoms with Gasteiger partial charge in [0.05, 0.1) is 12.2 Å². The highest BCUT2D eigenvalue weighted by molar-refractivity contribution is 6.43. The molecule has 0 aliphatic heterocycles. The number of hydrogen-bond donors (Lipinski definition) is 2. The van der Waals surface area contributed by atoms with Gasteiger partial charge in [-0.15, -0.1) is 0 Å². The van der Waals surface area contributed by atoms with Crippen LogP contribution < -0.4 is 10.6 Å². The van der Waals surface area contributed by atoms with E-state index in [1.165, 1.54) is 24.3 Å². The summed E-state index contributed by atoms with van der Waals surface area (Å²) in [6.45, 7) is 3.86. The SMILES string of the molecule is CCOC(=O)c1ccc(NC(=O)C(=O)Nc2ccc(C)cn2)cc1. The number of amides is 2. The summed E-state index contributed by atoms with van der Waals surface area (Å²) in [6, 6.07) is 9.42. The first-order chi connectivity index (χ1) is 11.5. The fraction of sp³-hybridized carbons (Fsp3) is 0.176. The van der Waals surface area contributed by atoms with E-state index >= 15 is 0 Å². The van der Waals surface area contributed by atoms with Crippen molar-refractivity contribution in [2.45, 2.75) is 13.8 Å². The number of carbonyl (C=O) groups is 3. The third-order valence-electron chi connectivity index (χ3n) is 3.01. The number of rotatable bonds is 4. The summed E-state index contributed by atoms with van der Waals surface area (Å²) < 4.78 is 4.86. The van der Waals surface area contributed by atoms with Gasteiger partial charge in [0.15, 0.2) is 0 Å². The molecule has 7 nitrogen and oxygen atoms in total. The van der Waals surface area contributed by atoms with Gasteiger partial charge in [-0.1, -0.05) is 6.07 Å². The summed E-state index contributed by atoms with van der Waals surface area (Å²) in [7, 11) is 0. The molecule has 1 heterocycles. The smallest absolute Gasteiger partial charge is 0.338 e. The first-order valence-corrected chi connectivity index (χ1v) is 7.31. The lowest BCUT2D eigenvalue weighted by molar-refractivity contribution is -0.133. The third-order valence-corrected chi connectivity index (χ3v) is 3.01. The van der Waals surface area contributed by atoms with Gasteiger partial charge in [0.1, 0.15) is 5.82 Å². The van der Waals surface area contributed by atoms with Gasteiger partial charge < -0.3 is 15.4 Å². The lowest BCUT2D eigenvalue weighted by Gasteiger charge is -2.07. The molecule has 1 aromatic carbocycles. The lowest BCUT2D eigenvalue weighted by atomic mass is 10.2. The Bertz CT molecular complexity index is 739. The predicted molar refractivity (Wildman–Crippen MR) is 88.6 cm³/mol. The van der Waals surface area contributed by atoms with Crippen LogP contribution in [0.15, 0.2) is 42.6 Å². The van der Waals surface area contributed by atoms with E-state index in [1.54, 1.807) is 25.3 Å². The normalized spacial score (nSPS) is 9.92. The average molecular weight is 327 g/mol. The first kappa shape index (κ1) is 17.1. The van der Waals surface area contributed by atoms with Gasteiger partial charge in [-0.3, -0.25) is 9.59 Å². The summed E-state index contributed by atoms with van der Waals surface area (Å²) in [4.78, 5) is 39.2. The number of nitrogens with one attached hydrogen (secondary N) is 2. The van der Waals surface area contributed by atoms with Crippen LogP contribution in [0.4, 0.5) is 11.5 Å². The van der Waals surface area contributed by atoms with Crippen molar-refractivity contribution in [2.75, 3.05) is 17.2 Å². The number of hydrogen-bond acceptors (Lipinski definition) is 5. The molecule has 7 heteroatoms. The van der Waals surface area contributed by atoms with Crippen LogP contribution in [0, 0.1) is 6.92 Å². The highest BCUT2D eigenvalue weighted by atomic mass is 16.5. The van der Waals surface area contributed by atoms with Gasteiger partial charge in [-0.05, 0) is 49.7 Å². The standard InChI is InChI=1S/C17H17N3O4/c1-3-24-17(23)12-5-7-13(8-6-12)19-15(21)16(22)20-14-9-4-11(2)10-18-14/h4-10H,3H2,1-2H3,(H,19,21)(H,18,20,22). The van der Waals surface area contributed by atoms with Crippen LogP contribution in [0.3, 0.4) is 0 Å². The third kappa shape index (κ3) is 4.64. The van der Waals surface area contributed by atoms with E-state index in [4.69, 9.17) is 4.74 Å². The molecule has 0 fully saturated rings. The molecule has 2 N–H and O–H groups in total. The second kappa shape index (κ2) is 7.87. The quantitative estimate of drug-likeness (QED) is 0.662. The second-order valence-electron chi connectivity index (χ2n) is 4.93. The number of carbonyl (C=O) groups excluding carboxylic acids is 3. The van der Waals surface area contributed by atoms with Gasteiger partial charge in [-0.2, -0.15) is 0 Å². The van der Waals surface area contributed by atoms with Crippen molar-refractivity contribution in [1.82, 2.24) is 4.98 Å². The Balaban J connectivity index is 1.94. The molecule has 2 rings (SSSR count). The first-order valence-electron chi connectivity index (χ1n) is 7.31. The monoisotopic (exact) mass is 327 g/mol. The molecule has 0 aliphatic rings. The molecule has 0 aliphatic carbocycles. The highest BCUT2D eigenvalue weighted by Gasteiger charge is 2.15. The van der Waals surface area contributed by atoms with Gasteiger partial charge in [0.25, 0.3) is 0 Å². The predicted octanol–water partition coefficient (Wildman–Crippen LogP) is 2.14. The number of aryl methyl sites for hydroxylation is 1. The number of aromatic nitrogens is 1. The molecule has 0 unspecified atom stereocenters. The summed E-state index contributed by atoms with van der Waals surface area (Å²) >= 11 is 0. The van der Waals surface area contributed by atoms with E-state index in [-0.39, 0.29) is 6.61 Å². The molecular weight excluding hydrogens is 310 g/mol. The minimum absolute atomic E-state index is 0.282. The number of ether oxygens (including phenoxy) is 1. The largest absolute Gasteiger partial charge is 0.462 e. The average Bonchev–Trinajstić information content (AvgIpc) is 2.57. The fourth-order valence-corrected chi connectivity index (χ4v) is 1.81. The van der Waals surface area contributed by atoms with E-state index in [1.807, 2.05) is 6.92 Å². The molecule has 0 spiro atoms. The van der Waals surface area contributed by atoms with Crippen molar-refractivity contribution < 1.29 is 19.1 Å². The molecule has 0 radical (unpaired) electrons. The zero-order valence-corrected chi connectivity index (χ0v) is 13.3. The van der Waals surface area contributed by atoms with Crippen molar-refractivity contribution in [3.8, 4) is 0 Å². The minimum Gasteiger partial charge on any atom is -0.462 e. The van der Waals surface area contributed by atoms with Crippen molar-refractivity contribution in [3.63, 3.8) is 0 Å². The lowest BCUT2D eigenvalue weighted by Crippen LogP contribution is -2.29. The Hall–Kier alpha value is -3.22. The molecule has 0 saturated carbocycles. The zero-order valence-electron chi connectivity index (χ0n) is 13.3. The maximum atomic E-state index is 11.9. The molecule has 24 heavy (non-hydrogen) atoms. The van der Waals surface area contributed by atoms with Crippen LogP contribution in [0.1, 0.15) is 22.8 Å². The van der Waals surface area contributed by atoms with Gasteiger partial charge in [0.2, 0.25) is 0 Å². The highest BCUT2D eigenvalue weighted by Crippen LogP contribution is 2.11. The molecule has 2 aromatic rings. The zero-order chi connectivity index (χ0) is 17.5. The van der Waals surface area contributed by atoms with E-state index < -0.39 is 17.8 Å². The molecular formula is C17H17N3O4. The van der Waals surface area contributed by atoms with Crippen molar-refractivity contribution in [3.05, 3.63) is 53.7 Å². The minimum atomic E-state index is -0.833. The fourth-order valence-electron chi connectivity index (χ4n) is 1.81. The van der Waals surface area contributed by atoms with Crippen LogP contribution >= 0.6 is 0 Å². The van der Waals surface area contributed by atoms with Crippen LogP contribution in [0.5, 0.6) is 0 Å². The Labute approximate surface area is 139 Å². The van der Waals surface area contributed by atoms with E-state index in [9.17, 15) is 14.4 Å². The maximum Gasteiger partial charge on any atom is 0.338 e. The number of nitrogens with zero attached hydrogens (tertiary/aromatic N) is 1. The molecule has 2 amide bonds. The van der Waals surface area contributed by atoms with E-state index in [0.717, 1.165) is 5.56 Å². The molecule has 1 aromatic heterocycles. The number of esters is 1. The topological polar surface area (TPSA) is 97.4 Å². The van der Waals surface area contributed by atoms with Gasteiger partial charge >= 0.3 is 17.8 Å². The Kier molecular flexibility index (Phi) is 5.62. The maximum absolute atomic E-state index is 11.9. The van der Waals surface area contributed by atoms with Gasteiger partial charge in [0, 0.05) is 11.9 Å². The molecule has 0 bridgehead atoms. The van der Waals surface area contributed by atoms with E-state index in [2.05, 4.69) is 15.6 Å². The number of pyridine rings is 1. The second-order valence-corrected chi connectivity index (χ2v) is 4.93. The number of anilines is 2. The summed E-state index contributed by atoms with van der Waals surface area (Å²) in [6.07, 6.45) is 1.58. The molecule has 0 saturated heterocycles. The summed E-state index contributed by atoms with van der Waals surface area (Å²) in [5, 5.41) is 4.84. The van der Waals surface area contributed by atoms with Crippen molar-refractivity contribution in [2.24, 2.45) is 0 Å². The Morgan fingerprint density at radius 1 is 1.00 bits per heavy atom. The number of benzene rings is 1. The Morgan fingerprint density at radius 3 is 2.25 bits per heavy atom. The van der Waals surface area contributed by atoms with Crippen LogP contribution in [-0.4, -0.2) is 29.4 Å². The van der Waals surface area contributed by atoms with Crippen LogP contribution in [0.25, 0.3) is 0 Å².